The Kier molecular flexibility index (Phi) is 4.76. The van der Waals surface area contributed by atoms with Crippen molar-refractivity contribution in [3.8, 4) is 0 Å². The Morgan fingerprint density at radius 2 is 1.95 bits per heavy atom. The van der Waals surface area contributed by atoms with Crippen molar-refractivity contribution in [2.45, 2.75) is 32.4 Å². The van der Waals surface area contributed by atoms with Gasteiger partial charge in [-0.1, -0.05) is 6.92 Å². The number of piperazine rings is 1. The first-order valence-electron chi connectivity index (χ1n) is 7.05. The summed E-state index contributed by atoms with van der Waals surface area (Å²) in [7, 11) is 0. The third-order valence-corrected chi connectivity index (χ3v) is 3.79. The molecule has 19 heavy (non-hydrogen) atoms. The van der Waals surface area contributed by atoms with Gasteiger partial charge in [0, 0.05) is 32.7 Å². The lowest BCUT2D eigenvalue weighted by Gasteiger charge is -2.39. The number of ether oxygens (including phenoxy) is 1. The highest BCUT2D eigenvalue weighted by molar-refractivity contribution is 6.35. The van der Waals surface area contributed by atoms with Crippen LogP contribution in [0.3, 0.4) is 0 Å². The molecule has 2 amide bonds. The van der Waals surface area contributed by atoms with Crippen LogP contribution in [0.2, 0.25) is 0 Å². The third-order valence-electron chi connectivity index (χ3n) is 3.79. The maximum Gasteiger partial charge on any atom is 0.312 e. The third kappa shape index (κ3) is 3.25. The molecule has 108 valence electrons. The van der Waals surface area contributed by atoms with Gasteiger partial charge in [-0.05, 0) is 13.3 Å². The summed E-state index contributed by atoms with van der Waals surface area (Å²) in [6.07, 6.45) is 0.815. The topological polar surface area (TPSA) is 61.9 Å². The van der Waals surface area contributed by atoms with Crippen molar-refractivity contribution >= 4 is 11.8 Å². The number of carbonyl (C=O) groups excluding carboxylic acids is 2. The molecular weight excluding hydrogens is 246 g/mol. The lowest BCUT2D eigenvalue weighted by atomic mass is 10.1. The normalized spacial score (nSPS) is 28.3. The molecular formula is C13H23N3O3. The van der Waals surface area contributed by atoms with Gasteiger partial charge in [0.25, 0.3) is 0 Å². The van der Waals surface area contributed by atoms with E-state index in [0.717, 1.165) is 19.5 Å². The van der Waals surface area contributed by atoms with Crippen molar-refractivity contribution in [3.63, 3.8) is 0 Å². The minimum atomic E-state index is -0.371. The molecule has 0 radical (unpaired) electrons. The number of carbonyl (C=O) groups is 2. The molecule has 0 aromatic carbocycles. The van der Waals surface area contributed by atoms with Crippen molar-refractivity contribution in [2.24, 2.45) is 0 Å². The van der Waals surface area contributed by atoms with Gasteiger partial charge in [0.05, 0.1) is 18.8 Å². The zero-order valence-electron chi connectivity index (χ0n) is 11.7. The van der Waals surface area contributed by atoms with Crippen LogP contribution in [0, 0.1) is 0 Å². The molecule has 6 heteroatoms. The van der Waals surface area contributed by atoms with Crippen LogP contribution in [0.1, 0.15) is 20.3 Å². The average molecular weight is 269 g/mol. The van der Waals surface area contributed by atoms with Crippen LogP contribution >= 0.6 is 0 Å². The van der Waals surface area contributed by atoms with Gasteiger partial charge in [-0.15, -0.1) is 0 Å². The molecule has 2 fully saturated rings. The monoisotopic (exact) mass is 269 g/mol. The standard InChI is InChI=1S/C13H23N3O3/c1-3-11-9-19-10(2)8-16(11)13(18)12(17)15-6-4-14-5-7-15/h10-11,14H,3-9H2,1-2H3. The zero-order chi connectivity index (χ0) is 13.8. The molecule has 2 atom stereocenters. The van der Waals surface area contributed by atoms with E-state index in [4.69, 9.17) is 4.74 Å². The Bertz CT molecular complexity index is 342. The molecule has 0 aliphatic carbocycles. The van der Waals surface area contributed by atoms with Gasteiger partial charge < -0.3 is 19.9 Å². The van der Waals surface area contributed by atoms with Crippen LogP contribution in [-0.4, -0.2) is 73.1 Å². The number of nitrogens with one attached hydrogen (secondary N) is 1. The molecule has 2 heterocycles. The Balaban J connectivity index is 2.01. The van der Waals surface area contributed by atoms with E-state index in [1.807, 2.05) is 13.8 Å². The molecule has 6 nitrogen and oxygen atoms in total. The van der Waals surface area contributed by atoms with Gasteiger partial charge >= 0.3 is 11.8 Å². The first-order valence-corrected chi connectivity index (χ1v) is 7.05. The second kappa shape index (κ2) is 6.34. The highest BCUT2D eigenvalue weighted by atomic mass is 16.5. The minimum absolute atomic E-state index is 0.00238. The van der Waals surface area contributed by atoms with E-state index < -0.39 is 0 Å². The maximum atomic E-state index is 12.4. The van der Waals surface area contributed by atoms with Crippen LogP contribution in [0.5, 0.6) is 0 Å². The fourth-order valence-electron chi connectivity index (χ4n) is 2.56. The summed E-state index contributed by atoms with van der Waals surface area (Å²) in [5.74, 6) is -0.738. The van der Waals surface area contributed by atoms with Crippen molar-refractivity contribution in [1.29, 1.82) is 0 Å². The molecule has 0 bridgehead atoms. The minimum Gasteiger partial charge on any atom is -0.375 e. The number of hydrogen-bond acceptors (Lipinski definition) is 4. The summed E-state index contributed by atoms with van der Waals surface area (Å²) in [5, 5.41) is 3.18. The Morgan fingerprint density at radius 1 is 1.26 bits per heavy atom. The second-order valence-electron chi connectivity index (χ2n) is 5.21. The SMILES string of the molecule is CCC1COC(C)CN1C(=O)C(=O)N1CCNCC1. The Hall–Kier alpha value is -1.14. The van der Waals surface area contributed by atoms with Crippen LogP contribution in [0.25, 0.3) is 0 Å². The average Bonchev–Trinajstić information content (AvgIpc) is 2.46. The van der Waals surface area contributed by atoms with Crippen molar-refractivity contribution in [3.05, 3.63) is 0 Å². The highest BCUT2D eigenvalue weighted by Crippen LogP contribution is 2.15. The van der Waals surface area contributed by atoms with E-state index in [9.17, 15) is 9.59 Å². The van der Waals surface area contributed by atoms with Gasteiger partial charge in [0.15, 0.2) is 0 Å². The van der Waals surface area contributed by atoms with E-state index in [1.165, 1.54) is 0 Å². The summed E-state index contributed by atoms with van der Waals surface area (Å²) in [6, 6.07) is 0.0237. The number of hydrogen-bond donors (Lipinski definition) is 1. The molecule has 0 saturated carbocycles. The van der Waals surface area contributed by atoms with Gasteiger partial charge in [-0.2, -0.15) is 0 Å². The summed E-state index contributed by atoms with van der Waals surface area (Å²) in [6.45, 7) is 7.72. The van der Waals surface area contributed by atoms with Crippen LogP contribution in [0.4, 0.5) is 0 Å². The van der Waals surface area contributed by atoms with E-state index in [1.54, 1.807) is 9.80 Å². The van der Waals surface area contributed by atoms with Gasteiger partial charge in [0.1, 0.15) is 0 Å². The predicted molar refractivity (Wildman–Crippen MR) is 70.7 cm³/mol. The Labute approximate surface area is 114 Å². The maximum absolute atomic E-state index is 12.4. The molecule has 2 rings (SSSR count). The molecule has 1 N–H and O–H groups in total. The van der Waals surface area contributed by atoms with Crippen LogP contribution in [0.15, 0.2) is 0 Å². The lowest BCUT2D eigenvalue weighted by molar-refractivity contribution is -0.159. The van der Waals surface area contributed by atoms with Crippen molar-refractivity contribution in [1.82, 2.24) is 15.1 Å². The summed E-state index contributed by atoms with van der Waals surface area (Å²) in [5.41, 5.74) is 0. The van der Waals surface area contributed by atoms with Gasteiger partial charge in [0.2, 0.25) is 0 Å². The molecule has 2 unspecified atom stereocenters. The number of rotatable bonds is 1. The van der Waals surface area contributed by atoms with E-state index in [2.05, 4.69) is 5.32 Å². The number of morpholine rings is 1. The van der Waals surface area contributed by atoms with E-state index in [-0.39, 0.29) is 24.0 Å². The predicted octanol–water partition coefficient (Wildman–Crippen LogP) is -0.556. The zero-order valence-corrected chi connectivity index (χ0v) is 11.7. The summed E-state index contributed by atoms with van der Waals surface area (Å²) < 4.78 is 5.56. The van der Waals surface area contributed by atoms with Crippen LogP contribution in [-0.2, 0) is 14.3 Å². The fourth-order valence-corrected chi connectivity index (χ4v) is 2.56. The van der Waals surface area contributed by atoms with Crippen LogP contribution < -0.4 is 5.32 Å². The second-order valence-corrected chi connectivity index (χ2v) is 5.21. The molecule has 2 aliphatic heterocycles. The largest absolute Gasteiger partial charge is 0.375 e. The lowest BCUT2D eigenvalue weighted by Crippen LogP contribution is -2.57. The molecule has 0 spiro atoms. The number of amides is 2. The smallest absolute Gasteiger partial charge is 0.312 e. The quantitative estimate of drug-likeness (QED) is 0.649. The Morgan fingerprint density at radius 3 is 2.58 bits per heavy atom. The van der Waals surface area contributed by atoms with Crippen molar-refractivity contribution in [2.75, 3.05) is 39.3 Å². The molecule has 0 aromatic heterocycles. The molecule has 2 aliphatic rings. The fraction of sp³-hybridized carbons (Fsp3) is 0.846. The first kappa shape index (κ1) is 14.3. The first-order chi connectivity index (χ1) is 9.13. The van der Waals surface area contributed by atoms with Gasteiger partial charge in [-0.25, -0.2) is 0 Å². The molecule has 2 saturated heterocycles. The molecule has 0 aromatic rings. The summed E-state index contributed by atoms with van der Waals surface area (Å²) >= 11 is 0. The van der Waals surface area contributed by atoms with Crippen molar-refractivity contribution < 1.29 is 14.3 Å². The van der Waals surface area contributed by atoms with E-state index >= 15 is 0 Å². The number of nitrogens with zero attached hydrogens (tertiary/aromatic N) is 2. The highest BCUT2D eigenvalue weighted by Gasteiger charge is 2.35. The van der Waals surface area contributed by atoms with E-state index in [0.29, 0.717) is 26.2 Å². The van der Waals surface area contributed by atoms with Gasteiger partial charge in [-0.3, -0.25) is 9.59 Å². The summed E-state index contributed by atoms with van der Waals surface area (Å²) in [4.78, 5) is 27.9.